The van der Waals surface area contributed by atoms with Crippen LogP contribution in [0.4, 0.5) is 4.79 Å². The molecule has 6 nitrogen and oxygen atoms in total. The van der Waals surface area contributed by atoms with Gasteiger partial charge in [-0.05, 0) is 66.3 Å². The summed E-state index contributed by atoms with van der Waals surface area (Å²) in [4.78, 5) is 25.2. The summed E-state index contributed by atoms with van der Waals surface area (Å²) in [5, 5.41) is 3.52. The molecule has 1 fully saturated rings. The highest BCUT2D eigenvalue weighted by Crippen LogP contribution is 2.25. The van der Waals surface area contributed by atoms with Gasteiger partial charge in [-0.25, -0.2) is 4.79 Å². The lowest BCUT2D eigenvalue weighted by Crippen LogP contribution is -2.38. The van der Waals surface area contributed by atoms with Crippen LogP contribution in [0, 0.1) is 5.92 Å². The standard InChI is InChI=1S/C18H34N2O4/c1-6-23-16(21)14-8-10-15(11-9-14)19-12-7-13-20(5)17(22)24-18(2,3)4/h14-15,19H,6-13H2,1-5H3. The van der Waals surface area contributed by atoms with Gasteiger partial charge in [-0.3, -0.25) is 4.79 Å². The van der Waals surface area contributed by atoms with E-state index < -0.39 is 5.60 Å². The Bertz CT molecular complexity index is 398. The molecule has 1 N–H and O–H groups in total. The van der Waals surface area contributed by atoms with E-state index in [0.717, 1.165) is 38.6 Å². The average molecular weight is 342 g/mol. The van der Waals surface area contributed by atoms with E-state index >= 15 is 0 Å². The zero-order valence-electron chi connectivity index (χ0n) is 15.9. The fourth-order valence-electron chi connectivity index (χ4n) is 2.85. The SMILES string of the molecule is CCOC(=O)C1CCC(NCCCN(C)C(=O)OC(C)(C)C)CC1. The summed E-state index contributed by atoms with van der Waals surface area (Å²) >= 11 is 0. The maximum atomic E-state index is 11.8. The fourth-order valence-corrected chi connectivity index (χ4v) is 2.85. The number of hydrogen-bond acceptors (Lipinski definition) is 5. The van der Waals surface area contributed by atoms with E-state index in [2.05, 4.69) is 5.32 Å². The summed E-state index contributed by atoms with van der Waals surface area (Å²) in [5.74, 6) is 0.0243. The minimum absolute atomic E-state index is 0.0464. The number of carbonyl (C=O) groups is 2. The molecule has 0 spiro atoms. The average Bonchev–Trinajstić information content (AvgIpc) is 2.50. The van der Waals surface area contributed by atoms with E-state index in [1.807, 2.05) is 27.7 Å². The second-order valence-corrected chi connectivity index (χ2v) is 7.51. The van der Waals surface area contributed by atoms with Crippen LogP contribution >= 0.6 is 0 Å². The highest BCUT2D eigenvalue weighted by atomic mass is 16.6. The number of amides is 1. The molecule has 140 valence electrons. The van der Waals surface area contributed by atoms with Crippen LogP contribution in [0.15, 0.2) is 0 Å². The van der Waals surface area contributed by atoms with Gasteiger partial charge in [-0.2, -0.15) is 0 Å². The van der Waals surface area contributed by atoms with Gasteiger partial charge in [0.15, 0.2) is 0 Å². The highest BCUT2D eigenvalue weighted by Gasteiger charge is 2.26. The van der Waals surface area contributed by atoms with Gasteiger partial charge in [0.25, 0.3) is 0 Å². The molecule has 1 saturated carbocycles. The van der Waals surface area contributed by atoms with Gasteiger partial charge >= 0.3 is 12.1 Å². The van der Waals surface area contributed by atoms with Crippen molar-refractivity contribution in [2.24, 2.45) is 5.92 Å². The van der Waals surface area contributed by atoms with Gasteiger partial charge in [0.2, 0.25) is 0 Å². The Morgan fingerprint density at radius 1 is 1.17 bits per heavy atom. The van der Waals surface area contributed by atoms with Gasteiger partial charge in [-0.15, -0.1) is 0 Å². The molecule has 0 aromatic rings. The van der Waals surface area contributed by atoms with Gasteiger partial charge < -0.3 is 19.7 Å². The first-order valence-corrected chi connectivity index (χ1v) is 9.07. The van der Waals surface area contributed by atoms with Crippen molar-refractivity contribution in [3.63, 3.8) is 0 Å². The first-order chi connectivity index (χ1) is 11.2. The van der Waals surface area contributed by atoms with Crippen molar-refractivity contribution < 1.29 is 19.1 Å². The molecule has 0 aromatic carbocycles. The van der Waals surface area contributed by atoms with Crippen LogP contribution in [0.1, 0.15) is 59.8 Å². The monoisotopic (exact) mass is 342 g/mol. The first kappa shape index (κ1) is 20.7. The number of nitrogens with zero attached hydrogens (tertiary/aromatic N) is 1. The second-order valence-electron chi connectivity index (χ2n) is 7.51. The highest BCUT2D eigenvalue weighted by molar-refractivity contribution is 5.72. The van der Waals surface area contributed by atoms with Gasteiger partial charge in [-0.1, -0.05) is 0 Å². The topological polar surface area (TPSA) is 67.9 Å². The summed E-state index contributed by atoms with van der Waals surface area (Å²) in [5.41, 5.74) is -0.457. The number of nitrogens with one attached hydrogen (secondary N) is 1. The number of hydrogen-bond donors (Lipinski definition) is 1. The predicted octanol–water partition coefficient (Wildman–Crippen LogP) is 2.95. The van der Waals surface area contributed by atoms with E-state index in [1.54, 1.807) is 11.9 Å². The Morgan fingerprint density at radius 3 is 2.33 bits per heavy atom. The Labute approximate surface area is 146 Å². The molecule has 0 aromatic heterocycles. The lowest BCUT2D eigenvalue weighted by atomic mass is 9.86. The van der Waals surface area contributed by atoms with Crippen molar-refractivity contribution in [3.8, 4) is 0 Å². The fraction of sp³-hybridized carbons (Fsp3) is 0.889. The number of esters is 1. The van der Waals surface area contributed by atoms with E-state index in [1.165, 1.54) is 0 Å². The summed E-state index contributed by atoms with van der Waals surface area (Å²) < 4.78 is 10.4. The largest absolute Gasteiger partial charge is 0.466 e. The number of ether oxygens (including phenoxy) is 2. The zero-order valence-corrected chi connectivity index (χ0v) is 15.9. The smallest absolute Gasteiger partial charge is 0.410 e. The molecule has 24 heavy (non-hydrogen) atoms. The van der Waals surface area contributed by atoms with Crippen molar-refractivity contribution in [2.75, 3.05) is 26.7 Å². The molecule has 0 aliphatic heterocycles. The molecule has 1 amide bonds. The Balaban J connectivity index is 2.14. The second kappa shape index (κ2) is 9.87. The molecular formula is C18H34N2O4. The van der Waals surface area contributed by atoms with Gasteiger partial charge in [0, 0.05) is 19.6 Å². The van der Waals surface area contributed by atoms with E-state index in [0.29, 0.717) is 19.2 Å². The van der Waals surface area contributed by atoms with Crippen LogP contribution in [0.2, 0.25) is 0 Å². The summed E-state index contributed by atoms with van der Waals surface area (Å²) in [7, 11) is 1.76. The molecular weight excluding hydrogens is 308 g/mol. The van der Waals surface area contributed by atoms with E-state index in [9.17, 15) is 9.59 Å². The third kappa shape index (κ3) is 7.99. The van der Waals surface area contributed by atoms with Crippen LogP contribution < -0.4 is 5.32 Å². The molecule has 0 bridgehead atoms. The maximum Gasteiger partial charge on any atom is 0.410 e. The van der Waals surface area contributed by atoms with Crippen LogP contribution in [0.5, 0.6) is 0 Å². The van der Waals surface area contributed by atoms with Crippen molar-refractivity contribution in [1.29, 1.82) is 0 Å². The molecule has 6 heteroatoms. The summed E-state index contributed by atoms with van der Waals surface area (Å²) in [6, 6.07) is 0.461. The number of rotatable bonds is 7. The molecule has 1 aliphatic rings. The summed E-state index contributed by atoms with van der Waals surface area (Å²) in [6.07, 6.45) is 4.41. The Morgan fingerprint density at radius 2 is 1.79 bits per heavy atom. The van der Waals surface area contributed by atoms with Crippen LogP contribution in [0.25, 0.3) is 0 Å². The molecule has 0 saturated heterocycles. The third-order valence-corrected chi connectivity index (χ3v) is 4.16. The molecule has 0 heterocycles. The normalized spacial score (nSPS) is 21.2. The minimum Gasteiger partial charge on any atom is -0.466 e. The molecule has 0 unspecified atom stereocenters. The Hall–Kier alpha value is -1.30. The van der Waals surface area contributed by atoms with Crippen molar-refractivity contribution >= 4 is 12.1 Å². The quantitative estimate of drug-likeness (QED) is 0.569. The molecule has 1 aliphatic carbocycles. The maximum absolute atomic E-state index is 11.8. The minimum atomic E-state index is -0.457. The van der Waals surface area contributed by atoms with Crippen molar-refractivity contribution in [3.05, 3.63) is 0 Å². The van der Waals surface area contributed by atoms with Gasteiger partial charge in [0.1, 0.15) is 5.60 Å². The first-order valence-electron chi connectivity index (χ1n) is 9.07. The lowest BCUT2D eigenvalue weighted by molar-refractivity contribution is -0.149. The van der Waals surface area contributed by atoms with Crippen LogP contribution in [0.3, 0.4) is 0 Å². The predicted molar refractivity (Wildman–Crippen MR) is 93.9 cm³/mol. The molecule has 0 atom stereocenters. The van der Waals surface area contributed by atoms with Crippen LogP contribution in [-0.2, 0) is 14.3 Å². The molecule has 0 radical (unpaired) electrons. The van der Waals surface area contributed by atoms with Crippen molar-refractivity contribution in [1.82, 2.24) is 10.2 Å². The van der Waals surface area contributed by atoms with E-state index in [-0.39, 0.29) is 18.0 Å². The molecule has 1 rings (SSSR count). The Kier molecular flexibility index (Phi) is 8.53. The zero-order chi connectivity index (χ0) is 18.2. The van der Waals surface area contributed by atoms with Crippen molar-refractivity contribution in [2.45, 2.75) is 71.4 Å². The third-order valence-electron chi connectivity index (χ3n) is 4.16. The summed E-state index contributed by atoms with van der Waals surface area (Å²) in [6.45, 7) is 9.44. The van der Waals surface area contributed by atoms with Gasteiger partial charge in [0.05, 0.1) is 12.5 Å². The van der Waals surface area contributed by atoms with E-state index in [4.69, 9.17) is 9.47 Å². The number of carbonyl (C=O) groups excluding carboxylic acids is 2. The lowest BCUT2D eigenvalue weighted by Gasteiger charge is -2.28. The van der Waals surface area contributed by atoms with Crippen LogP contribution in [-0.4, -0.2) is 55.3 Å².